The topological polar surface area (TPSA) is 97.3 Å². The molecule has 0 fully saturated rings. The number of alkyl halides is 9. The standard InChI is InChI=1S/C27H27F11N2O6/c1-2-44-21(22(41)42)13-16-3-7-19(8-4-16)45-11-9-40(23(43)39-15-17-5-6-18(28)14-20(17)29)10-12-46-27(37,38)25(32,33)24(30,31)26(34,35)36/h3-8,14,21H,2,9-13,15H2,1H3,(H,39,43)(H,41,42). The summed E-state index contributed by atoms with van der Waals surface area (Å²) in [7, 11) is 0. The van der Waals surface area contributed by atoms with Crippen LogP contribution in [0.15, 0.2) is 42.5 Å². The summed E-state index contributed by atoms with van der Waals surface area (Å²) in [5, 5.41) is 11.3. The number of rotatable bonds is 17. The number of carboxylic acids is 1. The summed E-state index contributed by atoms with van der Waals surface area (Å²) in [5.41, 5.74) is 0.297. The fraction of sp³-hybridized carbons (Fsp3) is 0.481. The van der Waals surface area contributed by atoms with E-state index < -0.39 is 86.7 Å². The van der Waals surface area contributed by atoms with Crippen LogP contribution in [0, 0.1) is 11.6 Å². The second-order valence-electron chi connectivity index (χ2n) is 9.37. The maximum atomic E-state index is 13.9. The molecule has 1 atom stereocenters. The number of amides is 2. The molecule has 0 aromatic heterocycles. The number of nitrogens with one attached hydrogen (secondary N) is 1. The smallest absolute Gasteiger partial charge is 0.460 e. The SMILES string of the molecule is CCOC(Cc1ccc(OCCN(CCOC(F)(F)C(F)(F)C(F)(F)C(F)(F)F)C(=O)NCc2ccc(F)cc2F)cc1)C(=O)O. The Morgan fingerprint density at radius 2 is 1.50 bits per heavy atom. The van der Waals surface area contributed by atoms with E-state index in [1.807, 2.05) is 0 Å². The van der Waals surface area contributed by atoms with Crippen molar-refractivity contribution in [3.63, 3.8) is 0 Å². The molecule has 2 N–H and O–H groups in total. The third kappa shape index (κ3) is 9.81. The van der Waals surface area contributed by atoms with Gasteiger partial charge >= 0.3 is 36.1 Å². The van der Waals surface area contributed by atoms with E-state index in [4.69, 9.17) is 9.47 Å². The quantitative estimate of drug-likeness (QED) is 0.198. The zero-order valence-corrected chi connectivity index (χ0v) is 23.7. The van der Waals surface area contributed by atoms with Crippen molar-refractivity contribution in [3.05, 3.63) is 65.2 Å². The Bertz CT molecular complexity index is 1310. The number of halogens is 11. The molecular weight excluding hydrogens is 657 g/mol. The molecule has 1 unspecified atom stereocenters. The lowest BCUT2D eigenvalue weighted by molar-refractivity contribution is -0.443. The summed E-state index contributed by atoms with van der Waals surface area (Å²) in [6.45, 7) is -2.59. The molecule has 0 saturated heterocycles. The molecule has 2 rings (SSSR count). The Hall–Kier alpha value is -3.87. The molecule has 2 aromatic carbocycles. The Kier molecular flexibility index (Phi) is 13.0. The highest BCUT2D eigenvalue weighted by atomic mass is 19.4. The lowest BCUT2D eigenvalue weighted by Gasteiger charge is -2.33. The van der Waals surface area contributed by atoms with E-state index in [9.17, 15) is 63.0 Å². The predicted molar refractivity (Wildman–Crippen MR) is 136 cm³/mol. The third-order valence-electron chi connectivity index (χ3n) is 6.11. The molecule has 0 aliphatic rings. The van der Waals surface area contributed by atoms with Crippen molar-refractivity contribution in [2.45, 2.75) is 50.1 Å². The van der Waals surface area contributed by atoms with Crippen molar-refractivity contribution in [1.29, 1.82) is 0 Å². The minimum absolute atomic E-state index is 0.00460. The second-order valence-corrected chi connectivity index (χ2v) is 9.37. The second kappa shape index (κ2) is 15.6. The van der Waals surface area contributed by atoms with Crippen molar-refractivity contribution in [2.24, 2.45) is 0 Å². The van der Waals surface area contributed by atoms with Crippen LogP contribution in [-0.4, -0.2) is 85.2 Å². The number of benzene rings is 2. The van der Waals surface area contributed by atoms with Gasteiger partial charge in [-0.25, -0.2) is 18.4 Å². The van der Waals surface area contributed by atoms with Crippen LogP contribution < -0.4 is 10.1 Å². The van der Waals surface area contributed by atoms with Crippen molar-refractivity contribution >= 4 is 12.0 Å². The van der Waals surface area contributed by atoms with Crippen LogP contribution in [0.3, 0.4) is 0 Å². The number of urea groups is 1. The number of hydrogen-bond donors (Lipinski definition) is 2. The van der Waals surface area contributed by atoms with Gasteiger partial charge in [-0.3, -0.25) is 0 Å². The fourth-order valence-corrected chi connectivity index (χ4v) is 3.63. The highest BCUT2D eigenvalue weighted by molar-refractivity contribution is 5.74. The molecule has 0 spiro atoms. The predicted octanol–water partition coefficient (Wildman–Crippen LogP) is 6.03. The summed E-state index contributed by atoms with van der Waals surface area (Å²) in [5.74, 6) is -17.3. The third-order valence-corrected chi connectivity index (χ3v) is 6.11. The van der Waals surface area contributed by atoms with Gasteiger partial charge in [0.1, 0.15) is 24.0 Å². The summed E-state index contributed by atoms with van der Waals surface area (Å²) in [4.78, 5) is 24.5. The Morgan fingerprint density at radius 1 is 0.891 bits per heavy atom. The van der Waals surface area contributed by atoms with Crippen LogP contribution in [0.4, 0.5) is 53.1 Å². The molecular formula is C27H27F11N2O6. The largest absolute Gasteiger partial charge is 0.492 e. The first-order chi connectivity index (χ1) is 21.2. The fourth-order valence-electron chi connectivity index (χ4n) is 3.63. The maximum absolute atomic E-state index is 13.9. The van der Waals surface area contributed by atoms with E-state index in [2.05, 4.69) is 10.1 Å². The van der Waals surface area contributed by atoms with E-state index >= 15 is 0 Å². The zero-order valence-electron chi connectivity index (χ0n) is 23.7. The lowest BCUT2D eigenvalue weighted by Crippen LogP contribution is -2.62. The summed E-state index contributed by atoms with van der Waals surface area (Å²) in [6, 6.07) is 6.87. The lowest BCUT2D eigenvalue weighted by atomic mass is 10.1. The number of ether oxygens (including phenoxy) is 3. The molecule has 0 heterocycles. The molecule has 19 heteroatoms. The van der Waals surface area contributed by atoms with E-state index in [1.165, 1.54) is 24.3 Å². The minimum atomic E-state index is -7.18. The highest BCUT2D eigenvalue weighted by Gasteiger charge is 2.82. The van der Waals surface area contributed by atoms with Gasteiger partial charge in [-0.05, 0) is 30.7 Å². The number of carbonyl (C=O) groups is 2. The molecule has 258 valence electrons. The van der Waals surface area contributed by atoms with Crippen LogP contribution in [0.1, 0.15) is 18.1 Å². The molecule has 46 heavy (non-hydrogen) atoms. The first-order valence-corrected chi connectivity index (χ1v) is 13.1. The number of aliphatic carboxylic acids is 1. The first-order valence-electron chi connectivity index (χ1n) is 13.1. The monoisotopic (exact) mass is 684 g/mol. The van der Waals surface area contributed by atoms with E-state index in [0.29, 0.717) is 16.5 Å². The van der Waals surface area contributed by atoms with Crippen LogP contribution in [0.5, 0.6) is 5.75 Å². The van der Waals surface area contributed by atoms with E-state index in [0.717, 1.165) is 12.1 Å². The van der Waals surface area contributed by atoms with Gasteiger partial charge in [0.15, 0.2) is 6.10 Å². The van der Waals surface area contributed by atoms with Gasteiger partial charge in [0.05, 0.1) is 13.2 Å². The van der Waals surface area contributed by atoms with Gasteiger partial charge in [0.2, 0.25) is 0 Å². The van der Waals surface area contributed by atoms with Crippen LogP contribution in [-0.2, 0) is 27.2 Å². The summed E-state index contributed by atoms with van der Waals surface area (Å²) < 4.78 is 159. The average molecular weight is 684 g/mol. The Labute approximate surface area is 254 Å². The van der Waals surface area contributed by atoms with Gasteiger partial charge in [-0.1, -0.05) is 18.2 Å². The van der Waals surface area contributed by atoms with E-state index in [-0.39, 0.29) is 24.3 Å². The van der Waals surface area contributed by atoms with Crippen LogP contribution in [0.25, 0.3) is 0 Å². The molecule has 2 aromatic rings. The average Bonchev–Trinajstić information content (AvgIpc) is 2.95. The van der Waals surface area contributed by atoms with Crippen LogP contribution in [0.2, 0.25) is 0 Å². The normalized spacial score (nSPS) is 13.3. The highest BCUT2D eigenvalue weighted by Crippen LogP contribution is 2.53. The molecule has 0 aliphatic carbocycles. The summed E-state index contributed by atoms with van der Waals surface area (Å²) in [6.07, 6.45) is -14.5. The Balaban J connectivity index is 2.10. The van der Waals surface area contributed by atoms with Crippen molar-refractivity contribution in [2.75, 3.05) is 32.9 Å². The zero-order chi connectivity index (χ0) is 34.9. The van der Waals surface area contributed by atoms with Crippen molar-refractivity contribution in [1.82, 2.24) is 10.2 Å². The number of nitrogens with zero attached hydrogens (tertiary/aromatic N) is 1. The molecule has 0 aliphatic heterocycles. The number of carbonyl (C=O) groups excluding carboxylic acids is 1. The van der Waals surface area contributed by atoms with Gasteiger partial charge < -0.3 is 29.5 Å². The molecule has 0 saturated carbocycles. The number of carboxylic acid groups (broad SMARTS) is 1. The minimum Gasteiger partial charge on any atom is -0.492 e. The molecule has 2 amide bonds. The van der Waals surface area contributed by atoms with Gasteiger partial charge in [0.25, 0.3) is 0 Å². The molecule has 8 nitrogen and oxygen atoms in total. The van der Waals surface area contributed by atoms with E-state index in [1.54, 1.807) is 6.92 Å². The van der Waals surface area contributed by atoms with Crippen molar-refractivity contribution < 1.29 is 77.2 Å². The van der Waals surface area contributed by atoms with Crippen LogP contribution >= 0.6 is 0 Å². The van der Waals surface area contributed by atoms with Gasteiger partial charge in [-0.15, -0.1) is 0 Å². The Morgan fingerprint density at radius 3 is 2.04 bits per heavy atom. The first kappa shape index (κ1) is 38.3. The van der Waals surface area contributed by atoms with Gasteiger partial charge in [-0.2, -0.15) is 39.5 Å². The number of hydrogen-bond acceptors (Lipinski definition) is 5. The maximum Gasteiger partial charge on any atom is 0.460 e. The molecule has 0 radical (unpaired) electrons. The summed E-state index contributed by atoms with van der Waals surface area (Å²) >= 11 is 0. The molecule has 0 bridgehead atoms. The van der Waals surface area contributed by atoms with Crippen molar-refractivity contribution in [3.8, 4) is 5.75 Å². The van der Waals surface area contributed by atoms with Gasteiger partial charge in [0, 0.05) is 37.7 Å².